The van der Waals surface area contributed by atoms with E-state index in [1.165, 1.54) is 29.0 Å². The quantitative estimate of drug-likeness (QED) is 0.394. The van der Waals surface area contributed by atoms with Gasteiger partial charge in [0.2, 0.25) is 5.60 Å². The number of anilines is 1. The Bertz CT molecular complexity index is 1060. The third-order valence-electron chi connectivity index (χ3n) is 6.68. The summed E-state index contributed by atoms with van der Waals surface area (Å²) in [5.74, 6) is -0.0441. The van der Waals surface area contributed by atoms with Gasteiger partial charge in [-0.15, -0.1) is 22.7 Å². The SMILES string of the molecule is O=C(C[N+]12CCC(CC1)[C@@H](OC(=O)C(O)(c1cccs1)c1cccs1)C2)Nc1ccncn1. The van der Waals surface area contributed by atoms with E-state index in [0.29, 0.717) is 33.1 Å². The highest BCUT2D eigenvalue weighted by Gasteiger charge is 2.51. The van der Waals surface area contributed by atoms with Gasteiger partial charge in [0.1, 0.15) is 18.7 Å². The number of quaternary nitrogens is 1. The van der Waals surface area contributed by atoms with E-state index in [4.69, 9.17) is 4.74 Å². The number of aliphatic hydroxyl groups is 1. The summed E-state index contributed by atoms with van der Waals surface area (Å²) in [6.45, 7) is 2.61. The van der Waals surface area contributed by atoms with Crippen LogP contribution in [0.2, 0.25) is 0 Å². The zero-order valence-corrected chi connectivity index (χ0v) is 19.6. The van der Waals surface area contributed by atoms with Gasteiger partial charge in [0.05, 0.1) is 22.8 Å². The molecule has 3 fully saturated rings. The van der Waals surface area contributed by atoms with Crippen LogP contribution in [0.3, 0.4) is 0 Å². The van der Waals surface area contributed by atoms with E-state index in [9.17, 15) is 14.7 Å². The number of esters is 1. The summed E-state index contributed by atoms with van der Waals surface area (Å²) in [6.07, 6.45) is 4.41. The predicted octanol–water partition coefficient (Wildman–Crippen LogP) is 2.63. The summed E-state index contributed by atoms with van der Waals surface area (Å²) in [6, 6.07) is 8.80. The Morgan fingerprint density at radius 1 is 1.15 bits per heavy atom. The van der Waals surface area contributed by atoms with Crippen LogP contribution >= 0.6 is 22.7 Å². The second kappa shape index (κ2) is 8.94. The van der Waals surface area contributed by atoms with Crippen LogP contribution in [-0.2, 0) is 19.9 Å². The number of rotatable bonds is 7. The third kappa shape index (κ3) is 4.31. The summed E-state index contributed by atoms with van der Waals surface area (Å²) in [5, 5.41) is 18.1. The predicted molar refractivity (Wildman–Crippen MR) is 125 cm³/mol. The van der Waals surface area contributed by atoms with Crippen molar-refractivity contribution in [3.63, 3.8) is 0 Å². The number of piperidine rings is 3. The smallest absolute Gasteiger partial charge is 0.349 e. The lowest BCUT2D eigenvalue weighted by atomic mass is 9.83. The van der Waals surface area contributed by atoms with Crippen LogP contribution in [0.1, 0.15) is 22.6 Å². The number of amides is 1. The number of ether oxygens (including phenoxy) is 1. The minimum atomic E-state index is -1.82. The molecule has 0 radical (unpaired) electrons. The summed E-state index contributed by atoms with van der Waals surface area (Å²) < 4.78 is 6.59. The first-order chi connectivity index (χ1) is 16.0. The van der Waals surface area contributed by atoms with Gasteiger partial charge in [-0.3, -0.25) is 4.79 Å². The molecule has 3 aromatic heterocycles. The molecule has 0 saturated carbocycles. The van der Waals surface area contributed by atoms with Crippen LogP contribution in [0.4, 0.5) is 5.82 Å². The van der Waals surface area contributed by atoms with Gasteiger partial charge >= 0.3 is 5.97 Å². The Kier molecular flexibility index (Phi) is 6.00. The minimum Gasteiger partial charge on any atom is -0.453 e. The number of carbonyl (C=O) groups is 2. The second-order valence-corrected chi connectivity index (χ2v) is 10.6. The molecule has 3 saturated heterocycles. The molecule has 33 heavy (non-hydrogen) atoms. The maximum atomic E-state index is 13.4. The van der Waals surface area contributed by atoms with Crippen LogP contribution in [0.5, 0.6) is 0 Å². The molecule has 2 N–H and O–H groups in total. The van der Waals surface area contributed by atoms with Crippen molar-refractivity contribution in [2.24, 2.45) is 5.92 Å². The fourth-order valence-electron chi connectivity index (χ4n) is 4.94. The number of carbonyl (C=O) groups excluding carboxylic acids is 2. The molecule has 172 valence electrons. The van der Waals surface area contributed by atoms with Crippen molar-refractivity contribution in [2.75, 3.05) is 31.5 Å². The number of nitrogens with zero attached hydrogens (tertiary/aromatic N) is 3. The summed E-state index contributed by atoms with van der Waals surface area (Å²) >= 11 is 2.66. The number of nitrogens with one attached hydrogen (secondary N) is 1. The molecule has 3 aliphatic heterocycles. The van der Waals surface area contributed by atoms with Gasteiger partial charge in [-0.1, -0.05) is 12.1 Å². The third-order valence-corrected chi connectivity index (χ3v) is 8.64. The first-order valence-electron chi connectivity index (χ1n) is 10.9. The molecule has 2 bridgehead atoms. The molecule has 1 amide bonds. The molecule has 1 atom stereocenters. The van der Waals surface area contributed by atoms with E-state index in [1.54, 1.807) is 24.4 Å². The molecule has 3 aliphatic rings. The van der Waals surface area contributed by atoms with E-state index in [1.807, 2.05) is 22.9 Å². The van der Waals surface area contributed by atoms with E-state index < -0.39 is 11.6 Å². The lowest BCUT2D eigenvalue weighted by Gasteiger charge is -2.51. The molecule has 0 unspecified atom stereocenters. The Labute approximate surface area is 199 Å². The topological polar surface area (TPSA) is 101 Å². The van der Waals surface area contributed by atoms with Crippen molar-refractivity contribution in [1.82, 2.24) is 9.97 Å². The van der Waals surface area contributed by atoms with E-state index in [-0.39, 0.29) is 17.9 Å². The molecule has 0 aromatic carbocycles. The van der Waals surface area contributed by atoms with Crippen molar-refractivity contribution in [1.29, 1.82) is 0 Å². The molecule has 10 heteroatoms. The van der Waals surface area contributed by atoms with E-state index in [0.717, 1.165) is 25.9 Å². The van der Waals surface area contributed by atoms with E-state index in [2.05, 4.69) is 15.3 Å². The van der Waals surface area contributed by atoms with Crippen molar-refractivity contribution in [3.05, 3.63) is 63.4 Å². The summed E-state index contributed by atoms with van der Waals surface area (Å²) in [7, 11) is 0. The van der Waals surface area contributed by atoms with Crippen molar-refractivity contribution in [2.45, 2.75) is 24.5 Å². The van der Waals surface area contributed by atoms with Gasteiger partial charge in [-0.2, -0.15) is 0 Å². The minimum absolute atomic E-state index is 0.118. The molecule has 6 rings (SSSR count). The molecule has 6 heterocycles. The Morgan fingerprint density at radius 2 is 1.85 bits per heavy atom. The number of fused-ring (bicyclic) bond motifs is 3. The lowest BCUT2D eigenvalue weighted by molar-refractivity contribution is -0.939. The van der Waals surface area contributed by atoms with Crippen molar-refractivity contribution < 1.29 is 23.9 Å². The zero-order chi connectivity index (χ0) is 22.9. The number of hydrogen-bond acceptors (Lipinski definition) is 8. The van der Waals surface area contributed by atoms with Gasteiger partial charge in [0, 0.05) is 25.0 Å². The number of aromatic nitrogens is 2. The fraction of sp³-hybridized carbons (Fsp3) is 0.391. The van der Waals surface area contributed by atoms with Gasteiger partial charge in [0.15, 0.2) is 12.6 Å². The highest BCUT2D eigenvalue weighted by Crippen LogP contribution is 2.40. The lowest BCUT2D eigenvalue weighted by Crippen LogP contribution is -2.66. The summed E-state index contributed by atoms with van der Waals surface area (Å²) in [4.78, 5) is 35.2. The molecular formula is C23H25N4O4S2+. The largest absolute Gasteiger partial charge is 0.453 e. The van der Waals surface area contributed by atoms with Crippen LogP contribution in [-0.4, -0.2) is 63.7 Å². The van der Waals surface area contributed by atoms with Crippen molar-refractivity contribution >= 4 is 40.4 Å². The number of hydrogen-bond donors (Lipinski definition) is 2. The summed E-state index contributed by atoms with van der Waals surface area (Å²) in [5.41, 5.74) is -1.82. The number of thiophene rings is 2. The Morgan fingerprint density at radius 3 is 2.42 bits per heavy atom. The first kappa shape index (κ1) is 22.1. The van der Waals surface area contributed by atoms with Gasteiger partial charge in [0.25, 0.3) is 5.91 Å². The molecule has 3 aromatic rings. The average molecular weight is 486 g/mol. The molecular weight excluding hydrogens is 460 g/mol. The highest BCUT2D eigenvalue weighted by atomic mass is 32.1. The fourth-order valence-corrected chi connectivity index (χ4v) is 6.66. The molecule has 0 aliphatic carbocycles. The maximum Gasteiger partial charge on any atom is 0.349 e. The standard InChI is InChI=1S/C23H24N4O4S2/c28-21(26-20-5-8-24-15-25-20)14-27-9-6-16(7-10-27)17(13-27)31-22(29)23(30,18-3-1-11-32-18)19-4-2-12-33-19/h1-5,8,11-12,15-17,30H,6-7,9-10,13-14H2/p+1/t16?,17-,27?/m0/s1. The zero-order valence-electron chi connectivity index (χ0n) is 17.9. The Balaban J connectivity index is 1.31. The van der Waals surface area contributed by atoms with Crippen LogP contribution in [0.15, 0.2) is 53.6 Å². The van der Waals surface area contributed by atoms with Crippen LogP contribution in [0.25, 0.3) is 0 Å². The van der Waals surface area contributed by atoms with Gasteiger partial charge in [-0.25, -0.2) is 14.8 Å². The maximum absolute atomic E-state index is 13.4. The van der Waals surface area contributed by atoms with Crippen molar-refractivity contribution in [3.8, 4) is 0 Å². The monoisotopic (exact) mass is 485 g/mol. The van der Waals surface area contributed by atoms with Gasteiger partial charge < -0.3 is 19.6 Å². The van der Waals surface area contributed by atoms with Crippen LogP contribution in [0, 0.1) is 5.92 Å². The highest BCUT2D eigenvalue weighted by molar-refractivity contribution is 7.12. The Hall–Kier alpha value is -2.66. The second-order valence-electron chi connectivity index (χ2n) is 8.72. The molecule has 0 spiro atoms. The van der Waals surface area contributed by atoms with E-state index >= 15 is 0 Å². The average Bonchev–Trinajstić information content (AvgIpc) is 3.54. The van der Waals surface area contributed by atoms with Gasteiger partial charge in [-0.05, 0) is 29.0 Å². The first-order valence-corrected chi connectivity index (χ1v) is 12.7. The van der Waals surface area contributed by atoms with Crippen LogP contribution < -0.4 is 5.32 Å². The normalized spacial score (nSPS) is 24.4. The molecule has 8 nitrogen and oxygen atoms in total.